The third-order valence-corrected chi connectivity index (χ3v) is 11.2. The second kappa shape index (κ2) is 13.2. The lowest BCUT2D eigenvalue weighted by molar-refractivity contribution is 0.670. The van der Waals surface area contributed by atoms with Gasteiger partial charge in [0, 0.05) is 39.5 Å². The molecule has 2 nitrogen and oxygen atoms in total. The maximum atomic E-state index is 6.91. The fourth-order valence-corrected chi connectivity index (χ4v) is 8.55. The molecule has 0 atom stereocenters. The standard InChI is InChI=1S/C54H35NO/c1-3-13-36(14-4-1)37-23-27-42(28-24-37)55(43-29-25-39(26-30-43)50-33-40-17-7-9-19-45(40)47-21-11-12-22-48(47)50)44-31-32-49-52(35-44)56-54-51(38-15-5-2-6-16-38)34-41-18-8-10-20-46(41)53(49)54/h1-35H. The monoisotopic (exact) mass is 713 g/mol. The molecule has 0 fully saturated rings. The molecule has 0 spiro atoms. The zero-order valence-electron chi connectivity index (χ0n) is 30.6. The fraction of sp³-hybridized carbons (Fsp3) is 0. The summed E-state index contributed by atoms with van der Waals surface area (Å²) in [5, 5.41) is 9.69. The van der Waals surface area contributed by atoms with Crippen molar-refractivity contribution >= 4 is 71.3 Å². The third kappa shape index (κ3) is 5.34. The van der Waals surface area contributed by atoms with Crippen molar-refractivity contribution in [2.75, 3.05) is 4.90 Å². The molecule has 1 aromatic heterocycles. The smallest absolute Gasteiger partial charge is 0.143 e. The van der Waals surface area contributed by atoms with Crippen LogP contribution in [0.3, 0.4) is 0 Å². The molecule has 56 heavy (non-hydrogen) atoms. The summed E-state index contributed by atoms with van der Waals surface area (Å²) in [6, 6.07) is 76.3. The second-order valence-electron chi connectivity index (χ2n) is 14.5. The van der Waals surface area contributed by atoms with E-state index in [4.69, 9.17) is 4.42 Å². The van der Waals surface area contributed by atoms with E-state index in [1.165, 1.54) is 54.6 Å². The van der Waals surface area contributed by atoms with Crippen LogP contribution in [0.1, 0.15) is 0 Å². The van der Waals surface area contributed by atoms with E-state index in [-0.39, 0.29) is 0 Å². The van der Waals surface area contributed by atoms with Crippen molar-refractivity contribution in [2.24, 2.45) is 0 Å². The van der Waals surface area contributed by atoms with Gasteiger partial charge in [0.1, 0.15) is 11.2 Å². The molecular formula is C54H35NO. The van der Waals surface area contributed by atoms with E-state index in [0.29, 0.717) is 0 Å². The molecule has 1 heterocycles. The lowest BCUT2D eigenvalue weighted by Gasteiger charge is -2.26. The van der Waals surface area contributed by atoms with Gasteiger partial charge in [0.15, 0.2) is 0 Å². The molecule has 11 rings (SSSR count). The highest BCUT2D eigenvalue weighted by Gasteiger charge is 2.20. The molecule has 2 heteroatoms. The van der Waals surface area contributed by atoms with Crippen molar-refractivity contribution in [3.05, 3.63) is 212 Å². The molecule has 10 aromatic carbocycles. The zero-order chi connectivity index (χ0) is 37.0. The first-order valence-corrected chi connectivity index (χ1v) is 19.2. The number of benzene rings is 10. The van der Waals surface area contributed by atoms with Crippen LogP contribution in [0.2, 0.25) is 0 Å². The van der Waals surface area contributed by atoms with E-state index in [1.54, 1.807) is 0 Å². The number of hydrogen-bond acceptors (Lipinski definition) is 2. The predicted molar refractivity (Wildman–Crippen MR) is 237 cm³/mol. The second-order valence-corrected chi connectivity index (χ2v) is 14.5. The lowest BCUT2D eigenvalue weighted by atomic mass is 9.93. The van der Waals surface area contributed by atoms with Crippen LogP contribution >= 0.6 is 0 Å². The summed E-state index contributed by atoms with van der Waals surface area (Å²) < 4.78 is 6.91. The molecule has 0 saturated carbocycles. The molecule has 0 radical (unpaired) electrons. The van der Waals surface area contributed by atoms with Gasteiger partial charge in [-0.05, 0) is 109 Å². The molecule has 262 valence electrons. The summed E-state index contributed by atoms with van der Waals surface area (Å²) in [7, 11) is 0. The molecule has 0 bridgehead atoms. The summed E-state index contributed by atoms with van der Waals surface area (Å²) in [6.07, 6.45) is 0. The molecule has 0 aliphatic carbocycles. The van der Waals surface area contributed by atoms with Crippen LogP contribution in [0.4, 0.5) is 17.1 Å². The third-order valence-electron chi connectivity index (χ3n) is 11.2. The zero-order valence-corrected chi connectivity index (χ0v) is 30.6. The molecule has 0 saturated heterocycles. The molecule has 0 unspecified atom stereocenters. The summed E-state index contributed by atoms with van der Waals surface area (Å²) in [6.45, 7) is 0. The average Bonchev–Trinajstić information content (AvgIpc) is 3.66. The SMILES string of the molecule is c1ccc(-c2ccc(N(c3ccc(-c4cc5ccccc5c5ccccc45)cc3)c3ccc4c(c3)oc3c(-c5ccccc5)cc5ccccc5c34)cc2)cc1. The fourth-order valence-electron chi connectivity index (χ4n) is 8.55. The molecule has 0 amide bonds. The van der Waals surface area contributed by atoms with Gasteiger partial charge in [-0.1, -0.05) is 158 Å². The van der Waals surface area contributed by atoms with Gasteiger partial charge >= 0.3 is 0 Å². The maximum Gasteiger partial charge on any atom is 0.143 e. The number of furan rings is 1. The highest BCUT2D eigenvalue weighted by molar-refractivity contribution is 6.23. The number of hydrogen-bond donors (Lipinski definition) is 0. The lowest BCUT2D eigenvalue weighted by Crippen LogP contribution is -2.09. The number of fused-ring (bicyclic) bond motifs is 8. The van der Waals surface area contributed by atoms with Crippen molar-refractivity contribution < 1.29 is 4.42 Å². The Labute approximate surface area is 325 Å². The number of rotatable bonds is 6. The summed E-state index contributed by atoms with van der Waals surface area (Å²) >= 11 is 0. The Kier molecular flexibility index (Phi) is 7.53. The number of nitrogens with zero attached hydrogens (tertiary/aromatic N) is 1. The summed E-state index contributed by atoms with van der Waals surface area (Å²) in [5.74, 6) is 0. The van der Waals surface area contributed by atoms with Crippen LogP contribution in [0.25, 0.3) is 87.6 Å². The van der Waals surface area contributed by atoms with E-state index >= 15 is 0 Å². The first-order chi connectivity index (χ1) is 27.8. The van der Waals surface area contributed by atoms with Crippen molar-refractivity contribution in [1.29, 1.82) is 0 Å². The van der Waals surface area contributed by atoms with Gasteiger partial charge in [0.05, 0.1) is 0 Å². The minimum Gasteiger partial charge on any atom is -0.455 e. The average molecular weight is 714 g/mol. The van der Waals surface area contributed by atoms with E-state index < -0.39 is 0 Å². The van der Waals surface area contributed by atoms with Crippen molar-refractivity contribution in [3.8, 4) is 33.4 Å². The van der Waals surface area contributed by atoms with Gasteiger partial charge in [0.2, 0.25) is 0 Å². The first kappa shape index (κ1) is 32.0. The molecule has 0 N–H and O–H groups in total. The molecular weight excluding hydrogens is 679 g/mol. The topological polar surface area (TPSA) is 16.4 Å². The normalized spacial score (nSPS) is 11.6. The minimum absolute atomic E-state index is 0.858. The van der Waals surface area contributed by atoms with Crippen LogP contribution in [0, 0.1) is 0 Å². The van der Waals surface area contributed by atoms with Crippen LogP contribution in [-0.2, 0) is 0 Å². The van der Waals surface area contributed by atoms with Crippen molar-refractivity contribution in [2.45, 2.75) is 0 Å². The van der Waals surface area contributed by atoms with E-state index in [0.717, 1.165) is 50.1 Å². The maximum absolute atomic E-state index is 6.91. The highest BCUT2D eigenvalue weighted by Crippen LogP contribution is 2.44. The van der Waals surface area contributed by atoms with Gasteiger partial charge < -0.3 is 9.32 Å². The van der Waals surface area contributed by atoms with Crippen LogP contribution in [-0.4, -0.2) is 0 Å². The number of anilines is 3. The quantitative estimate of drug-likeness (QED) is 0.160. The van der Waals surface area contributed by atoms with E-state index in [1.807, 2.05) is 0 Å². The van der Waals surface area contributed by atoms with E-state index in [9.17, 15) is 0 Å². The van der Waals surface area contributed by atoms with Crippen molar-refractivity contribution in [1.82, 2.24) is 0 Å². The predicted octanol–water partition coefficient (Wildman–Crippen LogP) is 15.5. The van der Waals surface area contributed by atoms with Crippen molar-refractivity contribution in [3.63, 3.8) is 0 Å². The largest absolute Gasteiger partial charge is 0.455 e. The Hall–Kier alpha value is -7.42. The van der Waals surface area contributed by atoms with Crippen LogP contribution in [0.15, 0.2) is 217 Å². The Morgan fingerprint density at radius 2 is 0.786 bits per heavy atom. The summed E-state index contributed by atoms with van der Waals surface area (Å²) in [5.41, 5.74) is 12.0. The van der Waals surface area contributed by atoms with Gasteiger partial charge in [-0.15, -0.1) is 0 Å². The van der Waals surface area contributed by atoms with Crippen LogP contribution in [0.5, 0.6) is 0 Å². The Balaban J connectivity index is 1.08. The highest BCUT2D eigenvalue weighted by atomic mass is 16.3. The molecule has 0 aliphatic rings. The Morgan fingerprint density at radius 1 is 0.304 bits per heavy atom. The Morgan fingerprint density at radius 3 is 1.48 bits per heavy atom. The summed E-state index contributed by atoms with van der Waals surface area (Å²) in [4.78, 5) is 2.33. The van der Waals surface area contributed by atoms with Gasteiger partial charge in [-0.2, -0.15) is 0 Å². The molecule has 11 aromatic rings. The van der Waals surface area contributed by atoms with Gasteiger partial charge in [-0.3, -0.25) is 0 Å². The van der Waals surface area contributed by atoms with Gasteiger partial charge in [-0.25, -0.2) is 0 Å². The van der Waals surface area contributed by atoms with Crippen LogP contribution < -0.4 is 4.90 Å². The molecule has 0 aliphatic heterocycles. The first-order valence-electron chi connectivity index (χ1n) is 19.2. The minimum atomic E-state index is 0.858. The van der Waals surface area contributed by atoms with Gasteiger partial charge in [0.25, 0.3) is 0 Å². The Bertz CT molecular complexity index is 3220. The van der Waals surface area contributed by atoms with E-state index in [2.05, 4.69) is 217 Å².